The van der Waals surface area contributed by atoms with Gasteiger partial charge in [-0.1, -0.05) is 6.92 Å². The maximum Gasteiger partial charge on any atom is 0.315 e. The lowest BCUT2D eigenvalue weighted by Gasteiger charge is -2.15. The van der Waals surface area contributed by atoms with Gasteiger partial charge in [0, 0.05) is 18.9 Å². The molecule has 100 valence electrons. The summed E-state index contributed by atoms with van der Waals surface area (Å²) in [4.78, 5) is 15.5. The van der Waals surface area contributed by atoms with Crippen molar-refractivity contribution in [2.45, 2.75) is 38.8 Å². The van der Waals surface area contributed by atoms with Gasteiger partial charge in [0.15, 0.2) is 0 Å². The number of hydrogen-bond acceptors (Lipinski definition) is 3. The molecule has 1 aromatic heterocycles. The van der Waals surface area contributed by atoms with E-state index >= 15 is 0 Å². The first-order chi connectivity index (χ1) is 8.63. The number of urea groups is 1. The van der Waals surface area contributed by atoms with E-state index in [0.29, 0.717) is 19.4 Å². The van der Waals surface area contributed by atoms with E-state index in [1.165, 1.54) is 0 Å². The molecule has 0 saturated carbocycles. The molecule has 2 atom stereocenters. The van der Waals surface area contributed by atoms with Crippen LogP contribution in [0, 0.1) is 0 Å². The standard InChI is InChI=1S/C13H21N3O2/c1-3-12(17)6-9-15-13(18)16-10(2)11-4-7-14-8-5-11/h4-5,7-8,10,12,17H,3,6,9H2,1-2H3,(H2,15,16,18). The summed E-state index contributed by atoms with van der Waals surface area (Å²) in [7, 11) is 0. The maximum absolute atomic E-state index is 11.6. The summed E-state index contributed by atoms with van der Waals surface area (Å²) >= 11 is 0. The van der Waals surface area contributed by atoms with Crippen molar-refractivity contribution < 1.29 is 9.90 Å². The van der Waals surface area contributed by atoms with Crippen LogP contribution >= 0.6 is 0 Å². The SMILES string of the molecule is CCC(O)CCNC(=O)NC(C)c1ccncc1. The van der Waals surface area contributed by atoms with Crippen LogP contribution in [0.3, 0.4) is 0 Å². The Morgan fingerprint density at radius 3 is 2.72 bits per heavy atom. The van der Waals surface area contributed by atoms with Gasteiger partial charge in [0.05, 0.1) is 12.1 Å². The fourth-order valence-corrected chi connectivity index (χ4v) is 1.54. The van der Waals surface area contributed by atoms with Gasteiger partial charge >= 0.3 is 6.03 Å². The fourth-order valence-electron chi connectivity index (χ4n) is 1.54. The second-order valence-electron chi connectivity index (χ2n) is 4.25. The number of pyridine rings is 1. The maximum atomic E-state index is 11.6. The number of nitrogens with zero attached hydrogens (tertiary/aromatic N) is 1. The van der Waals surface area contributed by atoms with Crippen LogP contribution in [0.1, 0.15) is 38.3 Å². The minimum absolute atomic E-state index is 0.0656. The fraction of sp³-hybridized carbons (Fsp3) is 0.538. The molecule has 1 aromatic rings. The highest BCUT2D eigenvalue weighted by Crippen LogP contribution is 2.09. The molecule has 1 heterocycles. The lowest BCUT2D eigenvalue weighted by molar-refractivity contribution is 0.160. The van der Waals surface area contributed by atoms with Gasteiger partial charge in [-0.3, -0.25) is 4.98 Å². The third-order valence-electron chi connectivity index (χ3n) is 2.79. The molecule has 3 N–H and O–H groups in total. The molecule has 0 aromatic carbocycles. The average molecular weight is 251 g/mol. The molecule has 2 amide bonds. The van der Waals surface area contributed by atoms with Crippen LogP contribution in [-0.4, -0.2) is 28.8 Å². The second kappa shape index (κ2) is 7.66. The Morgan fingerprint density at radius 1 is 1.44 bits per heavy atom. The van der Waals surface area contributed by atoms with Gasteiger partial charge in [0.25, 0.3) is 0 Å². The smallest absolute Gasteiger partial charge is 0.315 e. The average Bonchev–Trinajstić information content (AvgIpc) is 2.39. The highest BCUT2D eigenvalue weighted by atomic mass is 16.3. The number of carbonyl (C=O) groups excluding carboxylic acids is 1. The molecule has 5 nitrogen and oxygen atoms in total. The van der Waals surface area contributed by atoms with Crippen molar-refractivity contribution in [3.8, 4) is 0 Å². The van der Waals surface area contributed by atoms with Gasteiger partial charge in [0.2, 0.25) is 0 Å². The minimum atomic E-state index is -0.345. The highest BCUT2D eigenvalue weighted by Gasteiger charge is 2.09. The van der Waals surface area contributed by atoms with Crippen molar-refractivity contribution >= 4 is 6.03 Å². The van der Waals surface area contributed by atoms with Crippen LogP contribution in [0.15, 0.2) is 24.5 Å². The van der Waals surface area contributed by atoms with E-state index < -0.39 is 0 Å². The first-order valence-electron chi connectivity index (χ1n) is 6.25. The first kappa shape index (κ1) is 14.4. The molecule has 18 heavy (non-hydrogen) atoms. The van der Waals surface area contributed by atoms with E-state index in [0.717, 1.165) is 5.56 Å². The van der Waals surface area contributed by atoms with Gasteiger partial charge in [0.1, 0.15) is 0 Å². The Bertz CT molecular complexity index is 357. The Kier molecular flexibility index (Phi) is 6.14. The molecule has 1 rings (SSSR count). The Labute approximate surface area is 108 Å². The number of aliphatic hydroxyl groups excluding tert-OH is 1. The van der Waals surface area contributed by atoms with Crippen LogP contribution in [0.4, 0.5) is 4.79 Å². The molecule has 0 spiro atoms. The van der Waals surface area contributed by atoms with Crippen LogP contribution in [0.25, 0.3) is 0 Å². The van der Waals surface area contributed by atoms with Crippen molar-refractivity contribution in [2.24, 2.45) is 0 Å². The summed E-state index contributed by atoms with van der Waals surface area (Å²) in [5, 5.41) is 14.9. The summed E-state index contributed by atoms with van der Waals surface area (Å²) in [6.45, 7) is 4.30. The predicted molar refractivity (Wildman–Crippen MR) is 70.1 cm³/mol. The number of aromatic nitrogens is 1. The van der Waals surface area contributed by atoms with E-state index in [1.807, 2.05) is 26.0 Å². The first-order valence-corrected chi connectivity index (χ1v) is 6.25. The van der Waals surface area contributed by atoms with Crippen molar-refractivity contribution in [1.29, 1.82) is 0 Å². The van der Waals surface area contributed by atoms with Crippen LogP contribution in [-0.2, 0) is 0 Å². The molecule has 0 fully saturated rings. The second-order valence-corrected chi connectivity index (χ2v) is 4.25. The summed E-state index contributed by atoms with van der Waals surface area (Å²) in [6, 6.07) is 3.45. The third-order valence-corrected chi connectivity index (χ3v) is 2.79. The monoisotopic (exact) mass is 251 g/mol. The van der Waals surface area contributed by atoms with E-state index in [-0.39, 0.29) is 18.2 Å². The van der Waals surface area contributed by atoms with E-state index in [4.69, 9.17) is 0 Å². The van der Waals surface area contributed by atoms with Crippen molar-refractivity contribution in [3.05, 3.63) is 30.1 Å². The number of hydrogen-bond donors (Lipinski definition) is 3. The molecule has 0 aliphatic heterocycles. The van der Waals surface area contributed by atoms with E-state index in [9.17, 15) is 9.90 Å². The Morgan fingerprint density at radius 2 is 2.11 bits per heavy atom. The molecular weight excluding hydrogens is 230 g/mol. The highest BCUT2D eigenvalue weighted by molar-refractivity contribution is 5.74. The topological polar surface area (TPSA) is 74.2 Å². The zero-order valence-electron chi connectivity index (χ0n) is 10.9. The van der Waals surface area contributed by atoms with Crippen molar-refractivity contribution in [3.63, 3.8) is 0 Å². The quantitative estimate of drug-likeness (QED) is 0.719. The molecule has 0 saturated heterocycles. The van der Waals surface area contributed by atoms with E-state index in [1.54, 1.807) is 12.4 Å². The normalized spacial score (nSPS) is 13.7. The number of aliphatic hydroxyl groups is 1. The molecule has 5 heteroatoms. The molecule has 0 radical (unpaired) electrons. The van der Waals surface area contributed by atoms with E-state index in [2.05, 4.69) is 15.6 Å². The molecule has 0 aliphatic carbocycles. The van der Waals surface area contributed by atoms with Gasteiger partial charge in [-0.15, -0.1) is 0 Å². The predicted octanol–water partition coefficient (Wildman–Crippen LogP) is 1.60. The lowest BCUT2D eigenvalue weighted by atomic mass is 10.1. The summed E-state index contributed by atoms with van der Waals surface area (Å²) in [5.74, 6) is 0. The van der Waals surface area contributed by atoms with Gasteiger partial charge in [-0.2, -0.15) is 0 Å². The van der Waals surface area contributed by atoms with Gasteiger partial charge < -0.3 is 15.7 Å². The van der Waals surface area contributed by atoms with Crippen LogP contribution < -0.4 is 10.6 Å². The third kappa shape index (κ3) is 5.14. The summed E-state index contributed by atoms with van der Waals surface area (Å²) in [6.07, 6.45) is 4.33. The Balaban J connectivity index is 2.28. The Hall–Kier alpha value is -1.62. The molecule has 2 unspecified atom stereocenters. The zero-order valence-corrected chi connectivity index (χ0v) is 10.9. The zero-order chi connectivity index (χ0) is 13.4. The molecular formula is C13H21N3O2. The number of amides is 2. The van der Waals surface area contributed by atoms with Crippen LogP contribution in [0.5, 0.6) is 0 Å². The number of rotatable bonds is 6. The van der Waals surface area contributed by atoms with Gasteiger partial charge in [-0.05, 0) is 37.5 Å². The largest absolute Gasteiger partial charge is 0.393 e. The summed E-state index contributed by atoms with van der Waals surface area (Å²) < 4.78 is 0. The lowest BCUT2D eigenvalue weighted by Crippen LogP contribution is -2.38. The van der Waals surface area contributed by atoms with Gasteiger partial charge in [-0.25, -0.2) is 4.79 Å². The summed E-state index contributed by atoms with van der Waals surface area (Å²) in [5.41, 5.74) is 1.01. The van der Waals surface area contributed by atoms with Crippen molar-refractivity contribution in [2.75, 3.05) is 6.54 Å². The molecule has 0 bridgehead atoms. The van der Waals surface area contributed by atoms with Crippen LogP contribution in [0.2, 0.25) is 0 Å². The van der Waals surface area contributed by atoms with Crippen molar-refractivity contribution in [1.82, 2.24) is 15.6 Å². The minimum Gasteiger partial charge on any atom is -0.393 e. The molecule has 0 aliphatic rings. The number of nitrogens with one attached hydrogen (secondary N) is 2. The number of carbonyl (C=O) groups is 1.